The number of pyridine rings is 1. The molecular weight excluding hydrogens is 204 g/mol. The summed E-state index contributed by atoms with van der Waals surface area (Å²) in [5.74, 6) is 1.85. The van der Waals surface area contributed by atoms with Crippen molar-refractivity contribution >= 4 is 11.8 Å². The number of rotatable bonds is 5. The van der Waals surface area contributed by atoms with Crippen LogP contribution in [0.25, 0.3) is 0 Å². The lowest BCUT2D eigenvalue weighted by molar-refractivity contribution is 0.636. The van der Waals surface area contributed by atoms with E-state index in [1.165, 1.54) is 6.42 Å². The summed E-state index contributed by atoms with van der Waals surface area (Å²) in [6.45, 7) is 6.49. The lowest BCUT2D eigenvalue weighted by atomic mass is 10.2. The second-order valence-corrected chi connectivity index (χ2v) is 5.02. The Morgan fingerprint density at radius 2 is 2.20 bits per heavy atom. The van der Waals surface area contributed by atoms with Crippen LogP contribution in [-0.4, -0.2) is 10.7 Å². The van der Waals surface area contributed by atoms with Gasteiger partial charge >= 0.3 is 0 Å². The molecule has 0 saturated heterocycles. The first kappa shape index (κ1) is 12.5. The van der Waals surface area contributed by atoms with Gasteiger partial charge in [0, 0.05) is 23.6 Å². The van der Waals surface area contributed by atoms with Gasteiger partial charge in [-0.15, -0.1) is 11.8 Å². The third-order valence-corrected chi connectivity index (χ3v) is 3.84. The fraction of sp³-hybridized carbons (Fsp3) is 0.583. The molecule has 0 amide bonds. The van der Waals surface area contributed by atoms with Crippen LogP contribution in [0.1, 0.15) is 38.8 Å². The molecule has 0 fully saturated rings. The minimum Gasteiger partial charge on any atom is -0.324 e. The molecule has 2 nitrogen and oxygen atoms in total. The third-order valence-electron chi connectivity index (χ3n) is 2.49. The maximum atomic E-state index is 5.90. The Morgan fingerprint density at radius 3 is 2.80 bits per heavy atom. The molecule has 15 heavy (non-hydrogen) atoms. The zero-order chi connectivity index (χ0) is 11.3. The molecule has 2 atom stereocenters. The molecule has 2 N–H and O–H groups in total. The van der Waals surface area contributed by atoms with Crippen molar-refractivity contribution in [2.75, 3.05) is 5.75 Å². The zero-order valence-corrected chi connectivity index (χ0v) is 10.6. The van der Waals surface area contributed by atoms with E-state index in [0.29, 0.717) is 0 Å². The summed E-state index contributed by atoms with van der Waals surface area (Å²) in [6.07, 6.45) is 3.05. The number of nitrogens with zero attached hydrogens (tertiary/aromatic N) is 1. The predicted octanol–water partition coefficient (Wildman–Crippen LogP) is 3.24. The molecule has 0 radical (unpaired) electrons. The van der Waals surface area contributed by atoms with Crippen LogP contribution >= 0.6 is 11.8 Å². The summed E-state index contributed by atoms with van der Waals surface area (Å²) in [4.78, 5) is 4.39. The van der Waals surface area contributed by atoms with E-state index in [1.807, 2.05) is 30.9 Å². The molecule has 1 unspecified atom stereocenters. The molecule has 0 aliphatic carbocycles. The molecule has 1 aromatic rings. The highest BCUT2D eigenvalue weighted by Gasteiger charge is 2.09. The van der Waals surface area contributed by atoms with Crippen LogP contribution in [0.5, 0.6) is 0 Å². The number of thioether (sulfide) groups is 1. The molecule has 3 heteroatoms. The number of hydrogen-bond acceptors (Lipinski definition) is 3. The van der Waals surface area contributed by atoms with Crippen molar-refractivity contribution in [3.05, 3.63) is 23.9 Å². The SMILES string of the molecule is CCC(C)CSc1ncccc1[C@@H](C)N. The maximum Gasteiger partial charge on any atom is 0.101 e. The van der Waals surface area contributed by atoms with Gasteiger partial charge in [-0.25, -0.2) is 4.98 Å². The quantitative estimate of drug-likeness (QED) is 0.780. The lowest BCUT2D eigenvalue weighted by Crippen LogP contribution is -2.08. The van der Waals surface area contributed by atoms with E-state index >= 15 is 0 Å². The molecule has 0 aromatic carbocycles. The summed E-state index contributed by atoms with van der Waals surface area (Å²) in [5.41, 5.74) is 7.06. The molecule has 0 aliphatic rings. The lowest BCUT2D eigenvalue weighted by Gasteiger charge is -2.12. The smallest absolute Gasteiger partial charge is 0.101 e. The van der Waals surface area contributed by atoms with Crippen LogP contribution in [0.4, 0.5) is 0 Å². The van der Waals surface area contributed by atoms with E-state index in [1.54, 1.807) is 0 Å². The van der Waals surface area contributed by atoms with Gasteiger partial charge in [-0.05, 0) is 18.9 Å². The minimum absolute atomic E-state index is 0.0677. The monoisotopic (exact) mass is 224 g/mol. The normalized spacial score (nSPS) is 14.9. The van der Waals surface area contributed by atoms with Crippen LogP contribution in [0, 0.1) is 5.92 Å². The minimum atomic E-state index is 0.0677. The Labute approximate surface area is 96.7 Å². The van der Waals surface area contributed by atoms with Gasteiger partial charge in [-0.3, -0.25) is 0 Å². The van der Waals surface area contributed by atoms with Gasteiger partial charge in [0.15, 0.2) is 0 Å². The Kier molecular flexibility index (Phi) is 5.12. The Morgan fingerprint density at radius 1 is 1.47 bits per heavy atom. The van der Waals surface area contributed by atoms with E-state index in [9.17, 15) is 0 Å². The van der Waals surface area contributed by atoms with Crippen molar-refractivity contribution in [2.45, 2.75) is 38.3 Å². The van der Waals surface area contributed by atoms with Crippen LogP contribution < -0.4 is 5.73 Å². The van der Waals surface area contributed by atoms with Gasteiger partial charge in [-0.2, -0.15) is 0 Å². The second kappa shape index (κ2) is 6.13. The van der Waals surface area contributed by atoms with Gasteiger partial charge in [0.25, 0.3) is 0 Å². The van der Waals surface area contributed by atoms with Crippen molar-refractivity contribution in [3.8, 4) is 0 Å². The van der Waals surface area contributed by atoms with Gasteiger partial charge in [-0.1, -0.05) is 26.3 Å². The van der Waals surface area contributed by atoms with E-state index in [0.717, 1.165) is 22.3 Å². The van der Waals surface area contributed by atoms with Gasteiger partial charge < -0.3 is 5.73 Å². The molecular formula is C12H20N2S. The van der Waals surface area contributed by atoms with Crippen LogP contribution in [0.15, 0.2) is 23.4 Å². The van der Waals surface area contributed by atoms with Gasteiger partial charge in [0.1, 0.15) is 5.03 Å². The molecule has 1 heterocycles. The average Bonchev–Trinajstić information content (AvgIpc) is 2.26. The summed E-state index contributed by atoms with van der Waals surface area (Å²) in [5, 5.41) is 1.09. The summed E-state index contributed by atoms with van der Waals surface area (Å²) in [6, 6.07) is 4.08. The fourth-order valence-electron chi connectivity index (χ4n) is 1.21. The summed E-state index contributed by atoms with van der Waals surface area (Å²) < 4.78 is 0. The Bertz CT molecular complexity index is 299. The topological polar surface area (TPSA) is 38.9 Å². The highest BCUT2D eigenvalue weighted by molar-refractivity contribution is 7.99. The van der Waals surface area contributed by atoms with Crippen molar-refractivity contribution in [2.24, 2.45) is 11.7 Å². The second-order valence-electron chi connectivity index (χ2n) is 4.01. The van der Waals surface area contributed by atoms with Crippen LogP contribution in [0.2, 0.25) is 0 Å². The summed E-state index contributed by atoms with van der Waals surface area (Å²) in [7, 11) is 0. The third kappa shape index (κ3) is 3.84. The first-order valence-electron chi connectivity index (χ1n) is 5.48. The zero-order valence-electron chi connectivity index (χ0n) is 9.73. The van der Waals surface area contributed by atoms with Crippen molar-refractivity contribution < 1.29 is 0 Å². The first-order valence-corrected chi connectivity index (χ1v) is 6.47. The molecule has 0 aliphatic heterocycles. The molecule has 0 saturated carbocycles. The molecule has 1 rings (SSSR count). The highest BCUT2D eigenvalue weighted by Crippen LogP contribution is 2.26. The molecule has 1 aromatic heterocycles. The van der Waals surface area contributed by atoms with E-state index < -0.39 is 0 Å². The van der Waals surface area contributed by atoms with E-state index in [2.05, 4.69) is 24.9 Å². The standard InChI is InChI=1S/C12H20N2S/c1-4-9(2)8-15-12-11(10(3)13)6-5-7-14-12/h5-7,9-10H,4,8,13H2,1-3H3/t9?,10-/m1/s1. The van der Waals surface area contributed by atoms with Crippen molar-refractivity contribution in [1.29, 1.82) is 0 Å². The number of nitrogens with two attached hydrogens (primary N) is 1. The fourth-order valence-corrected chi connectivity index (χ4v) is 2.44. The molecule has 84 valence electrons. The van der Waals surface area contributed by atoms with Crippen LogP contribution in [0.3, 0.4) is 0 Å². The number of aromatic nitrogens is 1. The van der Waals surface area contributed by atoms with E-state index in [4.69, 9.17) is 5.73 Å². The first-order chi connectivity index (χ1) is 7.15. The number of hydrogen-bond donors (Lipinski definition) is 1. The average molecular weight is 224 g/mol. The summed E-state index contributed by atoms with van der Waals surface area (Å²) >= 11 is 1.82. The van der Waals surface area contributed by atoms with E-state index in [-0.39, 0.29) is 6.04 Å². The van der Waals surface area contributed by atoms with Crippen molar-refractivity contribution in [3.63, 3.8) is 0 Å². The predicted molar refractivity (Wildman–Crippen MR) is 67.0 cm³/mol. The molecule has 0 bridgehead atoms. The Balaban J connectivity index is 2.67. The highest BCUT2D eigenvalue weighted by atomic mass is 32.2. The molecule has 0 spiro atoms. The largest absolute Gasteiger partial charge is 0.324 e. The Hall–Kier alpha value is -0.540. The van der Waals surface area contributed by atoms with Gasteiger partial charge in [0.05, 0.1) is 0 Å². The van der Waals surface area contributed by atoms with Crippen LogP contribution in [-0.2, 0) is 0 Å². The van der Waals surface area contributed by atoms with Gasteiger partial charge in [0.2, 0.25) is 0 Å². The maximum absolute atomic E-state index is 5.90. The van der Waals surface area contributed by atoms with Crippen molar-refractivity contribution in [1.82, 2.24) is 4.98 Å².